The summed E-state index contributed by atoms with van der Waals surface area (Å²) in [6.45, 7) is 11.8. The van der Waals surface area contributed by atoms with Gasteiger partial charge in [-0.05, 0) is 39.2 Å². The van der Waals surface area contributed by atoms with Gasteiger partial charge < -0.3 is 0 Å². The van der Waals surface area contributed by atoms with Crippen LogP contribution in [0.1, 0.15) is 61.3 Å². The Morgan fingerprint density at radius 2 is 1.27 bits per heavy atom. The lowest BCUT2D eigenvalue weighted by molar-refractivity contribution is -0.658. The Hall–Kier alpha value is -2.84. The average Bonchev–Trinajstić information content (AvgIpc) is 2.65. The number of hydrogen-bond acceptors (Lipinski definition) is 7. The van der Waals surface area contributed by atoms with Gasteiger partial charge in [-0.3, -0.25) is 0 Å². The van der Waals surface area contributed by atoms with E-state index in [9.17, 15) is 15.8 Å². The van der Waals surface area contributed by atoms with Gasteiger partial charge in [0, 0.05) is 13.3 Å². The predicted molar refractivity (Wildman–Crippen MR) is 94.7 cm³/mol. The zero-order chi connectivity index (χ0) is 20.6. The molecular formula is C18H27N8+. The van der Waals surface area contributed by atoms with Gasteiger partial charge in [-0.25, -0.2) is 0 Å². The fourth-order valence-electron chi connectivity index (χ4n) is 1.72. The van der Waals surface area contributed by atoms with Gasteiger partial charge in [0.05, 0.1) is 12.1 Å². The SMILES string of the molecule is CCC(C)(C#N)N=[N+](CC(C)(C#N)N=NC(C)(C)C#N)C(C)(C#N)CC. The second-order valence-corrected chi connectivity index (χ2v) is 7.39. The van der Waals surface area contributed by atoms with Crippen LogP contribution in [0.2, 0.25) is 0 Å². The van der Waals surface area contributed by atoms with Crippen molar-refractivity contribution in [1.82, 2.24) is 0 Å². The number of azo groups is 3. The van der Waals surface area contributed by atoms with Gasteiger partial charge >= 0.3 is 0 Å². The normalized spacial score (nSPS) is 19.1. The van der Waals surface area contributed by atoms with Crippen LogP contribution in [0.25, 0.3) is 0 Å². The number of nitriles is 4. The summed E-state index contributed by atoms with van der Waals surface area (Å²) in [7, 11) is 0. The topological polar surface area (TPSA) is 135 Å². The Kier molecular flexibility index (Phi) is 7.57. The van der Waals surface area contributed by atoms with Crippen LogP contribution in [0.5, 0.6) is 0 Å². The lowest BCUT2D eigenvalue weighted by atomic mass is 9.96. The molecule has 0 radical (unpaired) electrons. The highest BCUT2D eigenvalue weighted by atomic mass is 15.4. The molecule has 0 saturated heterocycles. The molecule has 0 amide bonds. The van der Waals surface area contributed by atoms with E-state index in [0.717, 1.165) is 0 Å². The van der Waals surface area contributed by atoms with E-state index in [-0.39, 0.29) is 6.54 Å². The predicted octanol–water partition coefficient (Wildman–Crippen LogP) is 3.87. The van der Waals surface area contributed by atoms with Gasteiger partial charge in [-0.1, -0.05) is 13.8 Å². The highest BCUT2D eigenvalue weighted by Gasteiger charge is 2.45. The van der Waals surface area contributed by atoms with Crippen LogP contribution in [-0.4, -0.2) is 33.4 Å². The maximum atomic E-state index is 9.65. The summed E-state index contributed by atoms with van der Waals surface area (Å²) in [5.74, 6) is 0. The Morgan fingerprint density at radius 1 is 0.731 bits per heavy atom. The van der Waals surface area contributed by atoms with Crippen molar-refractivity contribution in [2.75, 3.05) is 6.54 Å². The van der Waals surface area contributed by atoms with Crippen molar-refractivity contribution in [3.05, 3.63) is 0 Å². The van der Waals surface area contributed by atoms with E-state index in [1.165, 1.54) is 4.70 Å². The first kappa shape index (κ1) is 23.2. The molecule has 26 heavy (non-hydrogen) atoms. The molecule has 0 aliphatic heterocycles. The minimum absolute atomic E-state index is 0.0241. The Labute approximate surface area is 156 Å². The van der Waals surface area contributed by atoms with Crippen molar-refractivity contribution in [3.63, 3.8) is 0 Å². The van der Waals surface area contributed by atoms with E-state index in [2.05, 4.69) is 33.6 Å². The molecule has 0 aliphatic carbocycles. The van der Waals surface area contributed by atoms with Gasteiger partial charge in [0.1, 0.15) is 12.1 Å². The molecule has 0 aliphatic rings. The molecule has 8 nitrogen and oxygen atoms in total. The summed E-state index contributed by atoms with van der Waals surface area (Å²) < 4.78 is 1.47. The summed E-state index contributed by atoms with van der Waals surface area (Å²) in [4.78, 5) is 0. The number of rotatable bonds is 8. The molecule has 0 heterocycles. The lowest BCUT2D eigenvalue weighted by Crippen LogP contribution is -2.45. The number of nitrogens with zero attached hydrogens (tertiary/aromatic N) is 8. The van der Waals surface area contributed by atoms with Crippen molar-refractivity contribution < 1.29 is 4.70 Å². The zero-order valence-electron chi connectivity index (χ0n) is 16.7. The molecule has 0 rings (SSSR count). The monoisotopic (exact) mass is 355 g/mol. The van der Waals surface area contributed by atoms with Crippen molar-refractivity contribution in [2.45, 2.75) is 83.5 Å². The fourth-order valence-corrected chi connectivity index (χ4v) is 1.72. The average molecular weight is 355 g/mol. The first-order valence-electron chi connectivity index (χ1n) is 8.48. The third-order valence-corrected chi connectivity index (χ3v) is 4.26. The quantitative estimate of drug-likeness (QED) is 0.482. The van der Waals surface area contributed by atoms with Crippen LogP contribution in [0, 0.1) is 45.3 Å². The van der Waals surface area contributed by atoms with Crippen LogP contribution in [0.3, 0.4) is 0 Å². The summed E-state index contributed by atoms with van der Waals surface area (Å²) in [5.41, 5.74) is -4.42. The molecule has 3 unspecified atom stereocenters. The second-order valence-electron chi connectivity index (χ2n) is 7.39. The van der Waals surface area contributed by atoms with Crippen LogP contribution in [-0.2, 0) is 0 Å². The molecule has 0 fully saturated rings. The summed E-state index contributed by atoms with van der Waals surface area (Å²) in [6.07, 6.45) is 0.901. The molecule has 8 heteroatoms. The third-order valence-electron chi connectivity index (χ3n) is 4.26. The van der Waals surface area contributed by atoms with E-state index in [1.54, 1.807) is 34.6 Å². The first-order valence-corrected chi connectivity index (χ1v) is 8.48. The maximum Gasteiger partial charge on any atom is 0.269 e. The molecule has 0 bridgehead atoms. The van der Waals surface area contributed by atoms with Gasteiger partial charge in [-0.2, -0.15) is 31.3 Å². The van der Waals surface area contributed by atoms with Crippen molar-refractivity contribution in [2.24, 2.45) is 15.3 Å². The smallest absolute Gasteiger partial charge is 0.196 e. The Balaban J connectivity index is 6.24. The number of hydrogen-bond donors (Lipinski definition) is 0. The maximum absolute atomic E-state index is 9.65. The van der Waals surface area contributed by atoms with Crippen molar-refractivity contribution in [1.29, 1.82) is 21.0 Å². The Morgan fingerprint density at radius 3 is 1.62 bits per heavy atom. The standard InChI is InChI=1S/C18H27N8/c1-8-16(5,11-20)25-26(18(7,9-2)13-22)14-17(6,12-21)24-23-15(3,4)10-19/h8-9,14H2,1-7H3/q+1. The molecular weight excluding hydrogens is 328 g/mol. The molecule has 138 valence electrons. The third kappa shape index (κ3) is 5.91. The highest BCUT2D eigenvalue weighted by Crippen LogP contribution is 2.24. The van der Waals surface area contributed by atoms with Crippen molar-refractivity contribution in [3.8, 4) is 24.3 Å². The first-order chi connectivity index (χ1) is 11.9. The van der Waals surface area contributed by atoms with E-state index >= 15 is 0 Å². The molecule has 3 atom stereocenters. The molecule has 0 saturated carbocycles. The van der Waals surface area contributed by atoms with E-state index in [0.29, 0.717) is 12.8 Å². The van der Waals surface area contributed by atoms with Gasteiger partial charge in [0.15, 0.2) is 5.54 Å². The molecule has 0 aromatic heterocycles. The minimum atomic E-state index is -1.32. The Bertz CT molecular complexity index is 739. The largest absolute Gasteiger partial charge is 0.269 e. The van der Waals surface area contributed by atoms with Crippen molar-refractivity contribution >= 4 is 0 Å². The van der Waals surface area contributed by atoms with Crippen LogP contribution >= 0.6 is 0 Å². The van der Waals surface area contributed by atoms with Crippen LogP contribution < -0.4 is 0 Å². The summed E-state index contributed by atoms with van der Waals surface area (Å²) in [5, 5.41) is 50.3. The second kappa shape index (κ2) is 8.50. The minimum Gasteiger partial charge on any atom is -0.196 e. The zero-order valence-corrected chi connectivity index (χ0v) is 16.7. The van der Waals surface area contributed by atoms with Gasteiger partial charge in [0.2, 0.25) is 17.6 Å². The lowest BCUT2D eigenvalue weighted by Gasteiger charge is -2.23. The summed E-state index contributed by atoms with van der Waals surface area (Å²) >= 11 is 0. The molecule has 0 aromatic rings. The summed E-state index contributed by atoms with van der Waals surface area (Å²) in [6, 6.07) is 8.45. The molecule has 0 spiro atoms. The fraction of sp³-hybridized carbons (Fsp3) is 0.778. The van der Waals surface area contributed by atoms with Gasteiger partial charge in [-0.15, -0.1) is 4.70 Å². The molecule has 0 aromatic carbocycles. The molecule has 0 N–H and O–H groups in total. The van der Waals surface area contributed by atoms with Crippen LogP contribution in [0.15, 0.2) is 15.3 Å². The van der Waals surface area contributed by atoms with E-state index in [1.807, 2.05) is 19.9 Å². The van der Waals surface area contributed by atoms with E-state index in [4.69, 9.17) is 5.26 Å². The van der Waals surface area contributed by atoms with Gasteiger partial charge in [0.25, 0.3) is 5.54 Å². The van der Waals surface area contributed by atoms with E-state index < -0.39 is 22.2 Å². The highest BCUT2D eigenvalue weighted by molar-refractivity contribution is 5.07. The van der Waals surface area contributed by atoms with Crippen LogP contribution in [0.4, 0.5) is 0 Å².